The minimum atomic E-state index is -0.0950. The normalized spacial score (nSPS) is 26.0. The summed E-state index contributed by atoms with van der Waals surface area (Å²) in [5, 5.41) is 20.3. The van der Waals surface area contributed by atoms with Crippen molar-refractivity contribution >= 4 is 0 Å². The van der Waals surface area contributed by atoms with E-state index in [0.29, 0.717) is 24.2 Å². The number of hydrogen-bond acceptors (Lipinski definition) is 5. The fraction of sp³-hybridized carbons (Fsp3) is 0.800. The van der Waals surface area contributed by atoms with Crippen molar-refractivity contribution in [1.82, 2.24) is 15.5 Å². The van der Waals surface area contributed by atoms with Crippen molar-refractivity contribution in [2.24, 2.45) is 5.92 Å². The number of aryl methyl sites for hydroxylation is 1. The van der Waals surface area contributed by atoms with Gasteiger partial charge >= 0.3 is 0 Å². The van der Waals surface area contributed by atoms with E-state index in [-0.39, 0.29) is 6.10 Å². The van der Waals surface area contributed by atoms with Crippen LogP contribution in [0.5, 0.6) is 0 Å². The fourth-order valence-electron chi connectivity index (χ4n) is 2.03. The highest BCUT2D eigenvalue weighted by molar-refractivity contribution is 4.80. The van der Waals surface area contributed by atoms with Crippen molar-refractivity contribution in [2.75, 3.05) is 6.54 Å². The van der Waals surface area contributed by atoms with Crippen LogP contribution in [-0.4, -0.2) is 28.0 Å². The molecule has 0 aromatic carbocycles. The first-order valence-electron chi connectivity index (χ1n) is 5.42. The van der Waals surface area contributed by atoms with Crippen LogP contribution < -0.4 is 5.32 Å². The molecular weight excluding hydrogens is 194 g/mol. The molecule has 0 spiro atoms. The summed E-state index contributed by atoms with van der Waals surface area (Å²) >= 11 is 0. The lowest BCUT2D eigenvalue weighted by Crippen LogP contribution is -2.21. The molecule has 1 heterocycles. The van der Waals surface area contributed by atoms with E-state index in [0.717, 1.165) is 25.8 Å². The smallest absolute Gasteiger partial charge is 0.230 e. The zero-order valence-electron chi connectivity index (χ0n) is 8.94. The van der Waals surface area contributed by atoms with Gasteiger partial charge in [0.1, 0.15) is 0 Å². The molecule has 1 aromatic heterocycles. The Morgan fingerprint density at radius 3 is 2.93 bits per heavy atom. The quantitative estimate of drug-likeness (QED) is 0.764. The minimum Gasteiger partial charge on any atom is -0.424 e. The molecule has 15 heavy (non-hydrogen) atoms. The SMILES string of the molecule is Cc1nnc(CNCC2CCC(O)C2)o1. The predicted octanol–water partition coefficient (Wildman–Crippen LogP) is 0.629. The molecule has 1 aliphatic carbocycles. The van der Waals surface area contributed by atoms with Crippen molar-refractivity contribution in [2.45, 2.75) is 38.8 Å². The summed E-state index contributed by atoms with van der Waals surface area (Å²) in [4.78, 5) is 0. The Bertz CT molecular complexity index is 313. The van der Waals surface area contributed by atoms with Crippen molar-refractivity contribution in [1.29, 1.82) is 0 Å². The van der Waals surface area contributed by atoms with Gasteiger partial charge in [-0.25, -0.2) is 0 Å². The average Bonchev–Trinajstić information content (AvgIpc) is 2.76. The first kappa shape index (κ1) is 10.6. The molecule has 2 N–H and O–H groups in total. The summed E-state index contributed by atoms with van der Waals surface area (Å²) < 4.78 is 5.24. The van der Waals surface area contributed by atoms with E-state index in [1.807, 2.05) is 0 Å². The largest absolute Gasteiger partial charge is 0.424 e. The third-order valence-electron chi connectivity index (χ3n) is 2.79. The van der Waals surface area contributed by atoms with Crippen molar-refractivity contribution < 1.29 is 9.52 Å². The van der Waals surface area contributed by atoms with Gasteiger partial charge in [0, 0.05) is 6.92 Å². The van der Waals surface area contributed by atoms with Crippen LogP contribution in [-0.2, 0) is 6.54 Å². The molecule has 1 aromatic rings. The summed E-state index contributed by atoms with van der Waals surface area (Å²) in [6.07, 6.45) is 2.86. The third-order valence-corrected chi connectivity index (χ3v) is 2.79. The highest BCUT2D eigenvalue weighted by Gasteiger charge is 2.22. The second-order valence-corrected chi connectivity index (χ2v) is 4.18. The van der Waals surface area contributed by atoms with Crippen LogP contribution in [0.1, 0.15) is 31.0 Å². The van der Waals surface area contributed by atoms with Gasteiger partial charge in [-0.2, -0.15) is 0 Å². The van der Waals surface area contributed by atoms with Gasteiger partial charge in [-0.15, -0.1) is 10.2 Å². The Hall–Kier alpha value is -0.940. The standard InChI is InChI=1S/C10H17N3O2/c1-7-12-13-10(15-7)6-11-5-8-2-3-9(14)4-8/h8-9,11,14H,2-6H2,1H3. The number of aliphatic hydroxyl groups excluding tert-OH is 1. The molecule has 5 nitrogen and oxygen atoms in total. The molecule has 1 fully saturated rings. The van der Waals surface area contributed by atoms with E-state index < -0.39 is 0 Å². The van der Waals surface area contributed by atoms with E-state index in [1.54, 1.807) is 6.92 Å². The van der Waals surface area contributed by atoms with E-state index in [1.165, 1.54) is 0 Å². The molecular formula is C10H17N3O2. The van der Waals surface area contributed by atoms with E-state index in [4.69, 9.17) is 4.42 Å². The van der Waals surface area contributed by atoms with Crippen LogP contribution in [0, 0.1) is 12.8 Å². The van der Waals surface area contributed by atoms with Gasteiger partial charge in [-0.1, -0.05) is 0 Å². The van der Waals surface area contributed by atoms with Gasteiger partial charge in [0.25, 0.3) is 0 Å². The molecule has 0 radical (unpaired) electrons. The van der Waals surface area contributed by atoms with Crippen LogP contribution in [0.25, 0.3) is 0 Å². The topological polar surface area (TPSA) is 71.2 Å². The van der Waals surface area contributed by atoms with Crippen molar-refractivity contribution in [3.8, 4) is 0 Å². The Kier molecular flexibility index (Phi) is 3.33. The summed E-state index contributed by atoms with van der Waals surface area (Å²) in [5.74, 6) is 1.82. The Balaban J connectivity index is 1.67. The van der Waals surface area contributed by atoms with Gasteiger partial charge < -0.3 is 14.8 Å². The zero-order chi connectivity index (χ0) is 10.7. The zero-order valence-corrected chi connectivity index (χ0v) is 8.94. The third kappa shape index (κ3) is 3.00. The lowest BCUT2D eigenvalue weighted by molar-refractivity contribution is 0.177. The number of hydrogen-bond donors (Lipinski definition) is 2. The number of aliphatic hydroxyl groups is 1. The number of nitrogens with zero attached hydrogens (tertiary/aromatic N) is 2. The summed E-state index contributed by atoms with van der Waals surface area (Å²) in [6, 6.07) is 0. The number of aromatic nitrogens is 2. The maximum Gasteiger partial charge on any atom is 0.230 e. The second-order valence-electron chi connectivity index (χ2n) is 4.18. The van der Waals surface area contributed by atoms with Gasteiger partial charge in [0.05, 0.1) is 12.6 Å². The van der Waals surface area contributed by atoms with Crippen LogP contribution in [0.3, 0.4) is 0 Å². The molecule has 0 bridgehead atoms. The monoisotopic (exact) mass is 211 g/mol. The lowest BCUT2D eigenvalue weighted by atomic mass is 10.1. The first-order chi connectivity index (χ1) is 7.24. The molecule has 2 atom stereocenters. The molecule has 0 amide bonds. The molecule has 0 saturated heterocycles. The van der Waals surface area contributed by atoms with Crippen LogP contribution >= 0.6 is 0 Å². The first-order valence-corrected chi connectivity index (χ1v) is 5.42. The summed E-state index contributed by atoms with van der Waals surface area (Å²) in [6.45, 7) is 3.32. The molecule has 84 valence electrons. The Morgan fingerprint density at radius 1 is 1.47 bits per heavy atom. The van der Waals surface area contributed by atoms with Crippen molar-refractivity contribution in [3.05, 3.63) is 11.8 Å². The van der Waals surface area contributed by atoms with Crippen LogP contribution in [0.4, 0.5) is 0 Å². The van der Waals surface area contributed by atoms with Gasteiger partial charge in [-0.3, -0.25) is 0 Å². The Morgan fingerprint density at radius 2 is 2.33 bits per heavy atom. The van der Waals surface area contributed by atoms with E-state index in [2.05, 4.69) is 15.5 Å². The van der Waals surface area contributed by atoms with Gasteiger partial charge in [-0.05, 0) is 31.7 Å². The molecule has 0 aliphatic heterocycles. The highest BCUT2D eigenvalue weighted by atomic mass is 16.4. The van der Waals surface area contributed by atoms with Crippen LogP contribution in [0.2, 0.25) is 0 Å². The van der Waals surface area contributed by atoms with Crippen molar-refractivity contribution in [3.63, 3.8) is 0 Å². The number of rotatable bonds is 4. The van der Waals surface area contributed by atoms with E-state index in [9.17, 15) is 5.11 Å². The van der Waals surface area contributed by atoms with Gasteiger partial charge in [0.15, 0.2) is 0 Å². The van der Waals surface area contributed by atoms with Gasteiger partial charge in [0.2, 0.25) is 11.8 Å². The Labute approximate surface area is 88.9 Å². The fourth-order valence-corrected chi connectivity index (χ4v) is 2.03. The predicted molar refractivity (Wildman–Crippen MR) is 54.1 cm³/mol. The molecule has 1 aliphatic rings. The maximum absolute atomic E-state index is 9.35. The molecule has 2 unspecified atom stereocenters. The molecule has 5 heteroatoms. The average molecular weight is 211 g/mol. The highest BCUT2D eigenvalue weighted by Crippen LogP contribution is 2.24. The lowest BCUT2D eigenvalue weighted by Gasteiger charge is -2.08. The van der Waals surface area contributed by atoms with Crippen LogP contribution in [0.15, 0.2) is 4.42 Å². The minimum absolute atomic E-state index is 0.0950. The molecule has 1 saturated carbocycles. The summed E-state index contributed by atoms with van der Waals surface area (Å²) in [5.41, 5.74) is 0. The summed E-state index contributed by atoms with van der Waals surface area (Å²) in [7, 11) is 0. The maximum atomic E-state index is 9.35. The second kappa shape index (κ2) is 4.72. The van der Waals surface area contributed by atoms with E-state index >= 15 is 0 Å². The molecule has 2 rings (SSSR count). The number of nitrogens with one attached hydrogen (secondary N) is 1.